The van der Waals surface area contributed by atoms with Crippen molar-refractivity contribution in [3.8, 4) is 28.4 Å². The summed E-state index contributed by atoms with van der Waals surface area (Å²) in [7, 11) is 0. The Kier molecular flexibility index (Phi) is 9.00. The summed E-state index contributed by atoms with van der Waals surface area (Å²) in [5, 5.41) is 4.92. The van der Waals surface area contributed by atoms with Crippen LogP contribution in [0.4, 0.5) is 22.7 Å². The minimum Gasteiger partial charge on any atom is -0.509 e. The number of rotatable bonds is 8. The third kappa shape index (κ3) is 6.79. The van der Waals surface area contributed by atoms with Crippen molar-refractivity contribution in [2.75, 3.05) is 9.80 Å². The van der Waals surface area contributed by atoms with E-state index in [0.717, 1.165) is 60.8 Å². The Balaban J connectivity index is 0.00000591. The van der Waals surface area contributed by atoms with E-state index in [1.165, 1.54) is 14.7 Å². The van der Waals surface area contributed by atoms with Crippen LogP contribution in [0.1, 0.15) is 33.2 Å². The molecule has 8 heteroatoms. The van der Waals surface area contributed by atoms with E-state index in [0.29, 0.717) is 61.4 Å². The molecule has 7 nitrogen and oxygen atoms in total. The molecule has 1 aliphatic heterocycles. The van der Waals surface area contributed by atoms with Crippen LogP contribution in [0.5, 0.6) is 11.5 Å². The first-order valence-corrected chi connectivity index (χ1v) is 24.0. The van der Waals surface area contributed by atoms with Gasteiger partial charge in [0.1, 0.15) is 5.82 Å². The number of ether oxygens (including phenoxy) is 1. The molecular weight excluding hydrogens is 1080 g/mol. The minimum absolute atomic E-state index is 0. The van der Waals surface area contributed by atoms with Crippen LogP contribution in [0.15, 0.2) is 206 Å². The first-order valence-electron chi connectivity index (χ1n) is 27.0. The van der Waals surface area contributed by atoms with Gasteiger partial charge in [0.2, 0.25) is 0 Å². The number of hydrogen-bond acceptors (Lipinski definition) is 4. The molecule has 356 valence electrons. The Labute approximate surface area is 446 Å². The van der Waals surface area contributed by atoms with Gasteiger partial charge in [-0.05, 0) is 64.5 Å². The molecule has 0 N–H and O–H groups in total. The van der Waals surface area contributed by atoms with Gasteiger partial charge in [0.05, 0.1) is 16.7 Å². The second-order valence-electron chi connectivity index (χ2n) is 18.9. The van der Waals surface area contributed by atoms with Crippen molar-refractivity contribution in [1.29, 1.82) is 0 Å². The molecule has 14 rings (SSSR count). The summed E-state index contributed by atoms with van der Waals surface area (Å²) < 4.78 is 67.0. The molecule has 0 fully saturated rings. The summed E-state index contributed by atoms with van der Waals surface area (Å²) in [6, 6.07) is 72.6. The van der Waals surface area contributed by atoms with Gasteiger partial charge in [-0.2, -0.15) is 12.1 Å². The third-order valence-electron chi connectivity index (χ3n) is 14.6. The van der Waals surface area contributed by atoms with Crippen LogP contribution in [-0.2, 0) is 40.4 Å². The number of hydrogen-bond donors (Lipinski definition) is 0. The van der Waals surface area contributed by atoms with Gasteiger partial charge in [-0.25, -0.2) is 4.98 Å². The molecule has 0 bridgehead atoms. The van der Waals surface area contributed by atoms with E-state index in [4.69, 9.17) is 9.72 Å². The standard InChI is InChI=1S/C65H47N6O.Pt/c1-65(2,43-22-9-6-10-23-43)44-36-37-66-58(38-44)71-54-31-16-11-26-48(54)49-35-34-47(40-57(49)71)72-46-25-19-24-45(39-46)69-41-70(56-33-18-17-32-55(56)69)64-62-60(50-27-12-14-29-52(50)67(62)3)59(42-20-7-5-8-21-42)61-51-28-13-15-30-53(51)68(4)63(61)64;/h5-38,41H,1-4H3;/q-3;/i3D3,4D3;. The predicted molar refractivity (Wildman–Crippen MR) is 296 cm³/mol. The number of nitrogens with zero attached hydrogens (tertiary/aromatic N) is 6. The van der Waals surface area contributed by atoms with Crippen molar-refractivity contribution < 1.29 is 34.0 Å². The average Bonchev–Trinajstić information content (AvgIpc) is 3.19. The van der Waals surface area contributed by atoms with Crippen molar-refractivity contribution in [3.63, 3.8) is 0 Å². The normalized spacial score (nSPS) is 14.3. The van der Waals surface area contributed by atoms with Crippen LogP contribution in [0.25, 0.3) is 82.4 Å². The van der Waals surface area contributed by atoms with Gasteiger partial charge in [-0.15, -0.1) is 48.1 Å². The molecule has 13 aromatic rings. The number of fused-ring (bicyclic) bond motifs is 10. The number of anilines is 4. The average molecular weight is 1130 g/mol. The van der Waals surface area contributed by atoms with Gasteiger partial charge in [-0.1, -0.05) is 147 Å². The number of aromatic nitrogens is 4. The zero-order chi connectivity index (χ0) is 53.2. The number of para-hydroxylation sites is 5. The van der Waals surface area contributed by atoms with E-state index in [2.05, 4.69) is 85.1 Å². The molecular formula is C65H47N6OPt-3. The van der Waals surface area contributed by atoms with Crippen LogP contribution in [0, 0.1) is 18.8 Å². The molecule has 0 radical (unpaired) electrons. The molecule has 4 aromatic heterocycles. The third-order valence-corrected chi connectivity index (χ3v) is 14.6. The minimum atomic E-state index is -2.69. The fraction of sp³-hybridized carbons (Fsp3) is 0.0769. The summed E-state index contributed by atoms with van der Waals surface area (Å²) in [5.41, 5.74) is 9.64. The fourth-order valence-corrected chi connectivity index (χ4v) is 11.2. The molecule has 0 saturated carbocycles. The predicted octanol–water partition coefficient (Wildman–Crippen LogP) is 16.3. The van der Waals surface area contributed by atoms with E-state index in [-0.39, 0.29) is 26.5 Å². The summed E-state index contributed by atoms with van der Waals surface area (Å²) in [6.45, 7) is 0.972. The van der Waals surface area contributed by atoms with Crippen molar-refractivity contribution in [3.05, 3.63) is 236 Å². The van der Waals surface area contributed by atoms with Crippen molar-refractivity contribution >= 4 is 88.2 Å². The topological polar surface area (TPSA) is 43.4 Å². The maximum Gasteiger partial charge on any atom is 0.135 e. The smallest absolute Gasteiger partial charge is 0.135 e. The van der Waals surface area contributed by atoms with Gasteiger partial charge < -0.3 is 28.2 Å². The second-order valence-corrected chi connectivity index (χ2v) is 18.9. The second kappa shape index (κ2) is 17.1. The Bertz CT molecular complexity index is 4430. The summed E-state index contributed by atoms with van der Waals surface area (Å²) >= 11 is 0. The SMILES string of the molecule is [2H]C([2H])([2H])n1c2ccccc2c2c(-c3ccccc3)c3c4ccccc4n(C([2H])([2H])[2H])c3c(N3[CH-]N(c4[c-]c(Oc5[c-]c6c(cc5)c5ccccc5n6-c5cc(C(C)(C)c6ccccc6)ccn5)ccc4)c4ccccc43)c21.[Pt]. The Hall–Kier alpha value is -8.38. The number of benzene rings is 9. The van der Waals surface area contributed by atoms with E-state index >= 15 is 0 Å². The fourth-order valence-electron chi connectivity index (χ4n) is 11.2. The summed E-state index contributed by atoms with van der Waals surface area (Å²) in [4.78, 5) is 8.87. The van der Waals surface area contributed by atoms with Crippen molar-refractivity contribution in [2.45, 2.75) is 19.3 Å². The van der Waals surface area contributed by atoms with Gasteiger partial charge in [0, 0.05) is 121 Å². The molecule has 0 atom stereocenters. The van der Waals surface area contributed by atoms with E-state index in [9.17, 15) is 8.22 Å². The molecule has 0 unspecified atom stereocenters. The van der Waals surface area contributed by atoms with Crippen LogP contribution < -0.4 is 14.5 Å². The van der Waals surface area contributed by atoms with Gasteiger partial charge in [0.15, 0.2) is 0 Å². The van der Waals surface area contributed by atoms with Gasteiger partial charge in [-0.3, -0.25) is 0 Å². The van der Waals surface area contributed by atoms with Crippen LogP contribution >= 0.6 is 0 Å². The van der Waals surface area contributed by atoms with Gasteiger partial charge in [0.25, 0.3) is 0 Å². The van der Waals surface area contributed by atoms with Crippen LogP contribution in [0.2, 0.25) is 0 Å². The first kappa shape index (κ1) is 38.3. The maximum absolute atomic E-state index is 9.23. The number of pyridine rings is 1. The summed E-state index contributed by atoms with van der Waals surface area (Å²) in [6.07, 6.45) is 1.87. The molecule has 1 aliphatic rings. The van der Waals surface area contributed by atoms with E-state index in [1.54, 1.807) is 0 Å². The zero-order valence-corrected chi connectivity index (χ0v) is 41.9. The molecule has 9 aromatic carbocycles. The van der Waals surface area contributed by atoms with Crippen molar-refractivity contribution in [2.24, 2.45) is 14.0 Å². The molecule has 0 spiro atoms. The number of aryl methyl sites for hydroxylation is 2. The van der Waals surface area contributed by atoms with E-state index in [1.807, 2.05) is 168 Å². The van der Waals surface area contributed by atoms with Crippen molar-refractivity contribution in [1.82, 2.24) is 18.7 Å². The molecule has 5 heterocycles. The monoisotopic (exact) mass is 1130 g/mol. The summed E-state index contributed by atoms with van der Waals surface area (Å²) in [5.74, 6) is 1.67. The van der Waals surface area contributed by atoms with Gasteiger partial charge >= 0.3 is 0 Å². The molecule has 73 heavy (non-hydrogen) atoms. The Morgan fingerprint density at radius 3 is 1.81 bits per heavy atom. The Morgan fingerprint density at radius 2 is 1.12 bits per heavy atom. The first-order chi connectivity index (χ1) is 37.8. The Morgan fingerprint density at radius 1 is 0.534 bits per heavy atom. The maximum atomic E-state index is 9.23. The molecule has 0 aliphatic carbocycles. The molecule has 0 amide bonds. The molecule has 0 saturated heterocycles. The zero-order valence-electron chi connectivity index (χ0n) is 45.6. The van der Waals surface area contributed by atoms with E-state index < -0.39 is 14.0 Å². The van der Waals surface area contributed by atoms with Crippen LogP contribution in [-0.4, -0.2) is 18.7 Å². The largest absolute Gasteiger partial charge is 0.509 e. The quantitative estimate of drug-likeness (QED) is 0.142. The van der Waals surface area contributed by atoms with Crippen LogP contribution in [0.3, 0.4) is 0 Å².